The van der Waals surface area contributed by atoms with Gasteiger partial charge in [-0.05, 0) is 42.5 Å². The average Bonchev–Trinajstić information content (AvgIpc) is 3.09. The van der Waals surface area contributed by atoms with Crippen LogP contribution in [0.4, 0.5) is 0 Å². The largest absolute Gasteiger partial charge is 0.493 e. The van der Waals surface area contributed by atoms with Crippen LogP contribution in [0.15, 0.2) is 35.7 Å². The maximum Gasteiger partial charge on any atom is 0.333 e. The smallest absolute Gasteiger partial charge is 0.333 e. The number of fused-ring (bicyclic) bond motifs is 1. The molecule has 0 aliphatic carbocycles. The third-order valence-electron chi connectivity index (χ3n) is 4.07. The van der Waals surface area contributed by atoms with E-state index in [1.54, 1.807) is 34.4 Å². The zero-order chi connectivity index (χ0) is 17.1. The Labute approximate surface area is 144 Å². The van der Waals surface area contributed by atoms with E-state index in [9.17, 15) is 9.59 Å². The Hall–Kier alpha value is -2.34. The van der Waals surface area contributed by atoms with E-state index in [0.717, 1.165) is 16.9 Å². The van der Waals surface area contributed by atoms with Crippen molar-refractivity contribution in [3.8, 4) is 5.75 Å². The lowest BCUT2D eigenvalue weighted by Crippen LogP contribution is -2.43. The zero-order valence-corrected chi connectivity index (χ0v) is 14.5. The summed E-state index contributed by atoms with van der Waals surface area (Å²) in [7, 11) is 1.35. The first-order valence-electron chi connectivity index (χ1n) is 7.84. The number of para-hydroxylation sites is 1. The number of rotatable bonds is 4. The minimum atomic E-state index is -0.702. The molecule has 1 aliphatic heterocycles. The third kappa shape index (κ3) is 2.89. The van der Waals surface area contributed by atoms with Crippen LogP contribution in [0, 0.1) is 0 Å². The lowest BCUT2D eigenvalue weighted by molar-refractivity contribution is -0.146. The second-order valence-electron chi connectivity index (χ2n) is 5.40. The van der Waals surface area contributed by atoms with Crippen molar-refractivity contribution in [2.75, 3.05) is 20.3 Å². The fourth-order valence-corrected chi connectivity index (χ4v) is 3.88. The minimum Gasteiger partial charge on any atom is -0.493 e. The number of nitrogens with zero attached hydrogens (tertiary/aromatic N) is 1. The Morgan fingerprint density at radius 3 is 2.83 bits per heavy atom. The molecular weight excluding hydrogens is 326 g/mol. The van der Waals surface area contributed by atoms with Crippen molar-refractivity contribution in [1.29, 1.82) is 0 Å². The Bertz CT molecular complexity index is 755. The number of ether oxygens (including phenoxy) is 2. The number of thiophene rings is 1. The number of methoxy groups -OCH3 is 1. The average molecular weight is 345 g/mol. The molecule has 0 radical (unpaired) electrons. The van der Waals surface area contributed by atoms with Crippen molar-refractivity contribution < 1.29 is 19.1 Å². The number of benzene rings is 1. The van der Waals surface area contributed by atoms with Crippen LogP contribution in [-0.2, 0) is 16.0 Å². The molecule has 1 aromatic heterocycles. The molecule has 0 N–H and O–H groups in total. The van der Waals surface area contributed by atoms with Crippen LogP contribution in [0.25, 0.3) is 0 Å². The molecule has 5 nitrogen and oxygen atoms in total. The Balaban J connectivity index is 1.99. The number of amides is 1. The van der Waals surface area contributed by atoms with Gasteiger partial charge in [-0.2, -0.15) is 0 Å². The third-order valence-corrected chi connectivity index (χ3v) is 5.07. The van der Waals surface area contributed by atoms with Gasteiger partial charge in [0.25, 0.3) is 5.91 Å². The summed E-state index contributed by atoms with van der Waals surface area (Å²) < 4.78 is 10.5. The highest BCUT2D eigenvalue weighted by molar-refractivity contribution is 7.10. The molecule has 1 amide bonds. The van der Waals surface area contributed by atoms with E-state index in [1.165, 1.54) is 7.11 Å². The van der Waals surface area contributed by atoms with E-state index in [1.807, 2.05) is 24.4 Å². The first-order chi connectivity index (χ1) is 11.7. The highest BCUT2D eigenvalue weighted by Crippen LogP contribution is 2.35. The van der Waals surface area contributed by atoms with Gasteiger partial charge >= 0.3 is 5.97 Å². The summed E-state index contributed by atoms with van der Waals surface area (Å²) in [5.74, 6) is -0.104. The van der Waals surface area contributed by atoms with Gasteiger partial charge in [-0.25, -0.2) is 4.79 Å². The van der Waals surface area contributed by atoms with E-state index in [4.69, 9.17) is 9.47 Å². The van der Waals surface area contributed by atoms with E-state index in [0.29, 0.717) is 24.5 Å². The van der Waals surface area contributed by atoms with Crippen LogP contribution in [0.1, 0.15) is 33.8 Å². The van der Waals surface area contributed by atoms with Crippen molar-refractivity contribution in [2.24, 2.45) is 0 Å². The van der Waals surface area contributed by atoms with Gasteiger partial charge < -0.3 is 14.4 Å². The molecular formula is C18H19NO4S. The second kappa shape index (κ2) is 7.05. The zero-order valence-electron chi connectivity index (χ0n) is 13.7. The molecule has 2 aromatic rings. The van der Waals surface area contributed by atoms with Gasteiger partial charge in [0, 0.05) is 11.4 Å². The molecule has 3 rings (SSSR count). The van der Waals surface area contributed by atoms with E-state index in [2.05, 4.69) is 0 Å². The summed E-state index contributed by atoms with van der Waals surface area (Å²) in [5, 5.41) is 1.95. The molecule has 0 saturated carbocycles. The molecule has 0 spiro atoms. The Kier molecular flexibility index (Phi) is 4.85. The SMILES string of the molecule is CCOc1ccccc1C(=O)N1CCc2sccc2C1C(=O)OC. The van der Waals surface area contributed by atoms with E-state index in [-0.39, 0.29) is 5.91 Å². The maximum absolute atomic E-state index is 13.1. The van der Waals surface area contributed by atoms with Crippen LogP contribution in [-0.4, -0.2) is 37.0 Å². The standard InChI is InChI=1S/C18H19NO4S/c1-3-23-14-7-5-4-6-12(14)17(20)19-10-8-15-13(9-11-24-15)16(19)18(21)22-2/h4-7,9,11,16H,3,8,10H2,1-2H3. The number of hydrogen-bond acceptors (Lipinski definition) is 5. The topological polar surface area (TPSA) is 55.8 Å². The molecule has 1 aromatic carbocycles. The second-order valence-corrected chi connectivity index (χ2v) is 6.40. The molecule has 0 fully saturated rings. The lowest BCUT2D eigenvalue weighted by atomic mass is 9.98. The Morgan fingerprint density at radius 2 is 2.08 bits per heavy atom. The highest BCUT2D eigenvalue weighted by atomic mass is 32.1. The van der Waals surface area contributed by atoms with Crippen molar-refractivity contribution in [2.45, 2.75) is 19.4 Å². The first-order valence-corrected chi connectivity index (χ1v) is 8.72. The summed E-state index contributed by atoms with van der Waals surface area (Å²) >= 11 is 1.61. The Morgan fingerprint density at radius 1 is 1.29 bits per heavy atom. The van der Waals surface area contributed by atoms with Crippen LogP contribution in [0.3, 0.4) is 0 Å². The summed E-state index contributed by atoms with van der Waals surface area (Å²) in [6.45, 7) is 2.82. The lowest BCUT2D eigenvalue weighted by Gasteiger charge is -2.34. The van der Waals surface area contributed by atoms with Crippen molar-refractivity contribution in [3.63, 3.8) is 0 Å². The van der Waals surface area contributed by atoms with Crippen LogP contribution < -0.4 is 4.74 Å². The number of esters is 1. The van der Waals surface area contributed by atoms with Gasteiger partial charge in [0.05, 0.1) is 19.3 Å². The quantitative estimate of drug-likeness (QED) is 0.799. The summed E-state index contributed by atoms with van der Waals surface area (Å²) in [6.07, 6.45) is 0.739. The monoisotopic (exact) mass is 345 g/mol. The van der Waals surface area contributed by atoms with Gasteiger partial charge in [0.15, 0.2) is 6.04 Å². The number of carbonyl (C=O) groups is 2. The van der Waals surface area contributed by atoms with Crippen molar-refractivity contribution in [1.82, 2.24) is 4.90 Å². The predicted molar refractivity (Wildman–Crippen MR) is 91.4 cm³/mol. The number of hydrogen-bond donors (Lipinski definition) is 0. The van der Waals surface area contributed by atoms with Crippen molar-refractivity contribution >= 4 is 23.2 Å². The van der Waals surface area contributed by atoms with E-state index >= 15 is 0 Å². The fraction of sp³-hybridized carbons (Fsp3) is 0.333. The highest BCUT2D eigenvalue weighted by Gasteiger charge is 2.38. The van der Waals surface area contributed by atoms with Crippen LogP contribution in [0.2, 0.25) is 0 Å². The van der Waals surface area contributed by atoms with Gasteiger partial charge in [-0.1, -0.05) is 12.1 Å². The van der Waals surface area contributed by atoms with E-state index < -0.39 is 12.0 Å². The van der Waals surface area contributed by atoms with Gasteiger partial charge in [-0.15, -0.1) is 11.3 Å². The summed E-state index contributed by atoms with van der Waals surface area (Å²) in [6, 6.07) is 8.31. The molecule has 6 heteroatoms. The van der Waals surface area contributed by atoms with Gasteiger partial charge in [0.1, 0.15) is 5.75 Å². The minimum absolute atomic E-state index is 0.216. The fourth-order valence-electron chi connectivity index (χ4n) is 2.98. The summed E-state index contributed by atoms with van der Waals surface area (Å²) in [5.41, 5.74) is 1.33. The van der Waals surface area contributed by atoms with Gasteiger partial charge in [-0.3, -0.25) is 4.79 Å². The normalized spacial score (nSPS) is 16.4. The molecule has 2 heterocycles. The van der Waals surface area contributed by atoms with Crippen molar-refractivity contribution in [3.05, 3.63) is 51.7 Å². The van der Waals surface area contributed by atoms with Gasteiger partial charge in [0.2, 0.25) is 0 Å². The first kappa shape index (κ1) is 16.5. The predicted octanol–water partition coefficient (Wildman–Crippen LogP) is 3.06. The van der Waals surface area contributed by atoms with Crippen LogP contribution in [0.5, 0.6) is 5.75 Å². The molecule has 1 atom stereocenters. The van der Waals surface area contributed by atoms with Crippen LogP contribution >= 0.6 is 11.3 Å². The maximum atomic E-state index is 13.1. The molecule has 1 unspecified atom stereocenters. The summed E-state index contributed by atoms with van der Waals surface area (Å²) in [4.78, 5) is 28.2. The molecule has 24 heavy (non-hydrogen) atoms. The molecule has 0 saturated heterocycles. The molecule has 1 aliphatic rings. The molecule has 0 bridgehead atoms. The number of carbonyl (C=O) groups excluding carboxylic acids is 2. The molecule has 126 valence electrons.